The second-order valence-corrected chi connectivity index (χ2v) is 2.97. The molecule has 0 saturated heterocycles. The van der Waals surface area contributed by atoms with Crippen LogP contribution in [0.1, 0.15) is 15.9 Å². The first-order valence-corrected chi connectivity index (χ1v) is 4.83. The molecule has 0 aliphatic heterocycles. The van der Waals surface area contributed by atoms with Crippen molar-refractivity contribution in [3.63, 3.8) is 0 Å². The Morgan fingerprint density at radius 1 is 1.43 bits per heavy atom. The Hall–Kier alpha value is -0.800. The van der Waals surface area contributed by atoms with Gasteiger partial charge in [-0.15, -0.1) is 11.6 Å². The summed E-state index contributed by atoms with van der Waals surface area (Å²) in [5, 5.41) is 0. The highest BCUT2D eigenvalue weighted by molar-refractivity contribution is 6.18. The largest absolute Gasteiger partial charge is 0.446 e. The molecule has 0 aromatic heterocycles. The molecular formula is C9H7Cl2FO2. The van der Waals surface area contributed by atoms with Crippen LogP contribution in [0.15, 0.2) is 18.2 Å². The number of rotatable bonds is 3. The van der Waals surface area contributed by atoms with Gasteiger partial charge in [0, 0.05) is 5.56 Å². The van der Waals surface area contributed by atoms with Gasteiger partial charge in [-0.1, -0.05) is 11.6 Å². The SMILES string of the molecule is O=C(OCCl)c1ccc(F)c(CCl)c1. The van der Waals surface area contributed by atoms with Crippen LogP contribution in [0.4, 0.5) is 4.39 Å². The van der Waals surface area contributed by atoms with Gasteiger partial charge in [-0.3, -0.25) is 0 Å². The van der Waals surface area contributed by atoms with E-state index in [2.05, 4.69) is 4.74 Å². The lowest BCUT2D eigenvalue weighted by molar-refractivity contribution is 0.0574. The average molecular weight is 237 g/mol. The number of alkyl halides is 2. The number of hydrogen-bond donors (Lipinski definition) is 0. The summed E-state index contributed by atoms with van der Waals surface area (Å²) < 4.78 is 17.5. The van der Waals surface area contributed by atoms with Crippen LogP contribution in [0, 0.1) is 5.82 Å². The average Bonchev–Trinajstić information content (AvgIpc) is 2.19. The van der Waals surface area contributed by atoms with E-state index in [0.29, 0.717) is 0 Å². The van der Waals surface area contributed by atoms with Crippen molar-refractivity contribution in [2.45, 2.75) is 5.88 Å². The van der Waals surface area contributed by atoms with Gasteiger partial charge in [0.15, 0.2) is 6.07 Å². The highest BCUT2D eigenvalue weighted by Gasteiger charge is 2.09. The minimum Gasteiger partial charge on any atom is -0.446 e. The summed E-state index contributed by atoms with van der Waals surface area (Å²) in [6.07, 6.45) is 0. The third-order valence-corrected chi connectivity index (χ3v) is 2.01. The molecular weight excluding hydrogens is 230 g/mol. The molecule has 5 heteroatoms. The molecule has 0 saturated carbocycles. The van der Waals surface area contributed by atoms with E-state index in [1.807, 2.05) is 0 Å². The van der Waals surface area contributed by atoms with Crippen molar-refractivity contribution in [3.8, 4) is 0 Å². The minimum absolute atomic E-state index is 0.00777. The maximum absolute atomic E-state index is 13.0. The van der Waals surface area contributed by atoms with Gasteiger partial charge in [0.25, 0.3) is 0 Å². The highest BCUT2D eigenvalue weighted by Crippen LogP contribution is 2.13. The van der Waals surface area contributed by atoms with Gasteiger partial charge in [-0.2, -0.15) is 0 Å². The molecule has 0 radical (unpaired) electrons. The van der Waals surface area contributed by atoms with Crippen molar-refractivity contribution < 1.29 is 13.9 Å². The molecule has 0 bridgehead atoms. The van der Waals surface area contributed by atoms with E-state index in [4.69, 9.17) is 23.2 Å². The number of carbonyl (C=O) groups is 1. The van der Waals surface area contributed by atoms with E-state index in [1.54, 1.807) is 0 Å². The first-order chi connectivity index (χ1) is 6.69. The second kappa shape index (κ2) is 5.17. The van der Waals surface area contributed by atoms with E-state index in [0.717, 1.165) is 0 Å². The molecule has 2 nitrogen and oxygen atoms in total. The summed E-state index contributed by atoms with van der Waals surface area (Å²) >= 11 is 10.7. The van der Waals surface area contributed by atoms with Gasteiger partial charge in [0.05, 0.1) is 11.4 Å². The Morgan fingerprint density at radius 2 is 2.14 bits per heavy atom. The van der Waals surface area contributed by atoms with Gasteiger partial charge in [-0.05, 0) is 18.2 Å². The number of carbonyl (C=O) groups excluding carboxylic acids is 1. The number of esters is 1. The molecule has 0 atom stereocenters. The lowest BCUT2D eigenvalue weighted by atomic mass is 10.1. The van der Waals surface area contributed by atoms with Crippen LogP contribution in [0.5, 0.6) is 0 Å². The molecule has 0 unspecified atom stereocenters. The van der Waals surface area contributed by atoms with E-state index < -0.39 is 11.8 Å². The summed E-state index contributed by atoms with van der Waals surface area (Å²) in [4.78, 5) is 11.2. The molecule has 14 heavy (non-hydrogen) atoms. The molecule has 0 N–H and O–H groups in total. The molecule has 76 valence electrons. The maximum atomic E-state index is 13.0. The van der Waals surface area contributed by atoms with E-state index in [1.165, 1.54) is 18.2 Å². The third-order valence-electron chi connectivity index (χ3n) is 1.61. The molecule has 0 spiro atoms. The Labute approximate surface area is 90.6 Å². The Kier molecular flexibility index (Phi) is 4.17. The van der Waals surface area contributed by atoms with Crippen molar-refractivity contribution in [1.82, 2.24) is 0 Å². The number of benzene rings is 1. The van der Waals surface area contributed by atoms with Crippen molar-refractivity contribution in [1.29, 1.82) is 0 Å². The van der Waals surface area contributed by atoms with Crippen LogP contribution in [0.3, 0.4) is 0 Å². The van der Waals surface area contributed by atoms with Gasteiger partial charge >= 0.3 is 5.97 Å². The molecule has 0 heterocycles. The molecule has 0 amide bonds. The monoisotopic (exact) mass is 236 g/mol. The van der Waals surface area contributed by atoms with Crippen molar-refractivity contribution in [2.75, 3.05) is 6.07 Å². The number of hydrogen-bond acceptors (Lipinski definition) is 2. The van der Waals surface area contributed by atoms with Crippen molar-refractivity contribution in [2.24, 2.45) is 0 Å². The summed E-state index contributed by atoms with van der Waals surface area (Å²) in [7, 11) is 0. The second-order valence-electron chi connectivity index (χ2n) is 2.48. The standard InChI is InChI=1S/C9H7Cl2FO2/c10-4-7-3-6(1-2-8(7)12)9(13)14-5-11/h1-3H,4-5H2. The molecule has 0 aliphatic carbocycles. The predicted octanol–water partition coefficient (Wildman–Crippen LogP) is 2.92. The summed E-state index contributed by atoms with van der Waals surface area (Å²) in [6, 6.07) is 3.60. The molecule has 1 rings (SSSR count). The normalized spacial score (nSPS) is 9.93. The lowest BCUT2D eigenvalue weighted by Crippen LogP contribution is -2.04. The van der Waals surface area contributed by atoms with Crippen molar-refractivity contribution >= 4 is 29.2 Å². The summed E-state index contributed by atoms with van der Waals surface area (Å²) in [5.74, 6) is -1.03. The first kappa shape index (κ1) is 11.3. The summed E-state index contributed by atoms with van der Waals surface area (Å²) in [6.45, 7) is 0. The third kappa shape index (κ3) is 2.59. The lowest BCUT2D eigenvalue weighted by Gasteiger charge is -2.03. The topological polar surface area (TPSA) is 26.3 Å². The van der Waals surface area contributed by atoms with Crippen LogP contribution < -0.4 is 0 Å². The molecule has 1 aromatic carbocycles. The zero-order valence-corrected chi connectivity index (χ0v) is 8.61. The van der Waals surface area contributed by atoms with Crippen molar-refractivity contribution in [3.05, 3.63) is 35.1 Å². The smallest absolute Gasteiger partial charge is 0.339 e. The Bertz CT molecular complexity index is 342. The fraction of sp³-hybridized carbons (Fsp3) is 0.222. The quantitative estimate of drug-likeness (QED) is 0.596. The number of halogens is 3. The Balaban J connectivity index is 2.94. The van der Waals surface area contributed by atoms with Crippen LogP contribution in [0.2, 0.25) is 0 Å². The molecule has 0 aliphatic rings. The summed E-state index contributed by atoms with van der Waals surface area (Å²) in [5.41, 5.74) is 0.499. The van der Waals surface area contributed by atoms with E-state index in [-0.39, 0.29) is 23.1 Å². The minimum atomic E-state index is -0.591. The Morgan fingerprint density at radius 3 is 2.71 bits per heavy atom. The van der Waals surface area contributed by atoms with E-state index >= 15 is 0 Å². The van der Waals surface area contributed by atoms with Crippen LogP contribution in [-0.4, -0.2) is 12.0 Å². The van der Waals surface area contributed by atoms with Gasteiger partial charge in [0.1, 0.15) is 5.82 Å². The maximum Gasteiger partial charge on any atom is 0.339 e. The highest BCUT2D eigenvalue weighted by atomic mass is 35.5. The van der Waals surface area contributed by atoms with Gasteiger partial charge in [-0.25, -0.2) is 9.18 Å². The molecule has 0 fully saturated rings. The predicted molar refractivity (Wildman–Crippen MR) is 52.1 cm³/mol. The zero-order valence-electron chi connectivity index (χ0n) is 7.10. The van der Waals surface area contributed by atoms with Crippen LogP contribution in [-0.2, 0) is 10.6 Å². The van der Waals surface area contributed by atoms with E-state index in [9.17, 15) is 9.18 Å². The van der Waals surface area contributed by atoms with Gasteiger partial charge in [0.2, 0.25) is 0 Å². The fourth-order valence-electron chi connectivity index (χ4n) is 0.937. The van der Waals surface area contributed by atoms with Crippen LogP contribution >= 0.6 is 23.2 Å². The molecule has 1 aromatic rings. The number of ether oxygens (including phenoxy) is 1. The van der Waals surface area contributed by atoms with Gasteiger partial charge < -0.3 is 4.74 Å². The fourth-order valence-corrected chi connectivity index (χ4v) is 1.24. The first-order valence-electron chi connectivity index (χ1n) is 3.76. The van der Waals surface area contributed by atoms with Crippen LogP contribution in [0.25, 0.3) is 0 Å². The zero-order chi connectivity index (χ0) is 10.6.